The van der Waals surface area contributed by atoms with Crippen LogP contribution in [0.3, 0.4) is 0 Å². The SMILES string of the molecule is CCCOC(=O)c1ccc(NCc2cncc(Br)c2)cc1. The summed E-state index contributed by atoms with van der Waals surface area (Å²) in [6.07, 6.45) is 4.39. The van der Waals surface area contributed by atoms with Crippen LogP contribution in [0.2, 0.25) is 0 Å². The van der Waals surface area contributed by atoms with Crippen molar-refractivity contribution in [1.82, 2.24) is 4.98 Å². The number of hydrogen-bond acceptors (Lipinski definition) is 4. The molecule has 5 heteroatoms. The van der Waals surface area contributed by atoms with Crippen LogP contribution < -0.4 is 5.32 Å². The van der Waals surface area contributed by atoms with Gasteiger partial charge in [0.1, 0.15) is 0 Å². The van der Waals surface area contributed by atoms with Crippen LogP contribution in [-0.4, -0.2) is 17.6 Å². The first-order chi connectivity index (χ1) is 10.2. The third-order valence-corrected chi connectivity index (χ3v) is 3.25. The molecule has 1 heterocycles. The molecule has 2 aromatic rings. The highest BCUT2D eigenvalue weighted by molar-refractivity contribution is 9.10. The van der Waals surface area contributed by atoms with E-state index in [-0.39, 0.29) is 5.97 Å². The average molecular weight is 349 g/mol. The number of halogens is 1. The molecule has 0 aliphatic heterocycles. The maximum absolute atomic E-state index is 11.7. The molecule has 1 N–H and O–H groups in total. The number of hydrogen-bond donors (Lipinski definition) is 1. The number of aromatic nitrogens is 1. The number of ether oxygens (including phenoxy) is 1. The average Bonchev–Trinajstić information content (AvgIpc) is 2.51. The van der Waals surface area contributed by atoms with Crippen molar-refractivity contribution in [3.63, 3.8) is 0 Å². The number of rotatable bonds is 6. The van der Waals surface area contributed by atoms with Gasteiger partial charge in [0.25, 0.3) is 0 Å². The molecule has 110 valence electrons. The Morgan fingerprint density at radius 1 is 1.29 bits per heavy atom. The molecule has 0 amide bonds. The van der Waals surface area contributed by atoms with E-state index in [0.29, 0.717) is 18.7 Å². The number of anilines is 1. The molecule has 21 heavy (non-hydrogen) atoms. The Labute approximate surface area is 132 Å². The second-order valence-electron chi connectivity index (χ2n) is 4.58. The Hall–Kier alpha value is -1.88. The Bertz CT molecular complexity index is 599. The summed E-state index contributed by atoms with van der Waals surface area (Å²) in [4.78, 5) is 15.8. The summed E-state index contributed by atoms with van der Waals surface area (Å²) in [5.74, 6) is -0.278. The monoisotopic (exact) mass is 348 g/mol. The fourth-order valence-electron chi connectivity index (χ4n) is 1.76. The Morgan fingerprint density at radius 3 is 2.71 bits per heavy atom. The summed E-state index contributed by atoms with van der Waals surface area (Å²) < 4.78 is 6.04. The van der Waals surface area contributed by atoms with Gasteiger partial charge in [-0.15, -0.1) is 0 Å². The van der Waals surface area contributed by atoms with Gasteiger partial charge in [-0.3, -0.25) is 4.98 Å². The largest absolute Gasteiger partial charge is 0.462 e. The van der Waals surface area contributed by atoms with Crippen LogP contribution in [0.25, 0.3) is 0 Å². The first-order valence-electron chi connectivity index (χ1n) is 6.79. The highest BCUT2D eigenvalue weighted by atomic mass is 79.9. The molecule has 0 bridgehead atoms. The predicted octanol–water partition coefficient (Wildman–Crippen LogP) is 4.02. The van der Waals surface area contributed by atoms with Crippen molar-refractivity contribution in [2.45, 2.75) is 19.9 Å². The summed E-state index contributed by atoms with van der Waals surface area (Å²) in [6, 6.07) is 9.28. The van der Waals surface area contributed by atoms with Gasteiger partial charge in [-0.2, -0.15) is 0 Å². The fourth-order valence-corrected chi connectivity index (χ4v) is 2.17. The van der Waals surface area contributed by atoms with Crippen LogP contribution in [0.15, 0.2) is 47.2 Å². The standard InChI is InChI=1S/C16H17BrN2O2/c1-2-7-21-16(20)13-3-5-15(6-4-13)19-10-12-8-14(17)11-18-9-12/h3-6,8-9,11,19H,2,7,10H2,1H3. The summed E-state index contributed by atoms with van der Waals surface area (Å²) in [6.45, 7) is 3.10. The fraction of sp³-hybridized carbons (Fsp3) is 0.250. The lowest BCUT2D eigenvalue weighted by molar-refractivity contribution is 0.0505. The topological polar surface area (TPSA) is 51.2 Å². The van der Waals surface area contributed by atoms with E-state index in [1.807, 2.05) is 31.3 Å². The van der Waals surface area contributed by atoms with Crippen LogP contribution in [-0.2, 0) is 11.3 Å². The third kappa shape index (κ3) is 4.86. The molecule has 0 aliphatic carbocycles. The summed E-state index contributed by atoms with van der Waals surface area (Å²) in [5.41, 5.74) is 2.59. The van der Waals surface area contributed by atoms with E-state index in [2.05, 4.69) is 26.2 Å². The van der Waals surface area contributed by atoms with Gasteiger partial charge in [0.05, 0.1) is 12.2 Å². The van der Waals surface area contributed by atoms with Gasteiger partial charge < -0.3 is 10.1 Å². The molecule has 0 saturated carbocycles. The minimum absolute atomic E-state index is 0.278. The molecule has 1 aromatic carbocycles. The molecule has 0 spiro atoms. The number of carbonyl (C=O) groups is 1. The molecule has 1 aromatic heterocycles. The van der Waals surface area contributed by atoms with E-state index in [1.54, 1.807) is 18.3 Å². The van der Waals surface area contributed by atoms with E-state index in [0.717, 1.165) is 22.1 Å². The zero-order valence-corrected chi connectivity index (χ0v) is 13.4. The number of benzene rings is 1. The van der Waals surface area contributed by atoms with Crippen molar-refractivity contribution in [2.24, 2.45) is 0 Å². The number of nitrogens with one attached hydrogen (secondary N) is 1. The quantitative estimate of drug-likeness (QED) is 0.801. The Kier molecular flexibility index (Phi) is 5.75. The minimum Gasteiger partial charge on any atom is -0.462 e. The van der Waals surface area contributed by atoms with Crippen molar-refractivity contribution >= 4 is 27.6 Å². The summed E-state index contributed by atoms with van der Waals surface area (Å²) in [7, 11) is 0. The van der Waals surface area contributed by atoms with Gasteiger partial charge in [0.2, 0.25) is 0 Å². The highest BCUT2D eigenvalue weighted by Crippen LogP contribution is 2.14. The molecule has 0 radical (unpaired) electrons. The molecule has 0 aliphatic rings. The molecule has 2 rings (SSSR count). The number of nitrogens with zero attached hydrogens (tertiary/aromatic N) is 1. The van der Waals surface area contributed by atoms with Crippen molar-refractivity contribution in [2.75, 3.05) is 11.9 Å². The smallest absolute Gasteiger partial charge is 0.338 e. The van der Waals surface area contributed by atoms with Gasteiger partial charge in [-0.1, -0.05) is 6.92 Å². The lowest BCUT2D eigenvalue weighted by atomic mass is 10.2. The normalized spacial score (nSPS) is 10.2. The number of carbonyl (C=O) groups excluding carboxylic acids is 1. The van der Waals surface area contributed by atoms with Gasteiger partial charge >= 0.3 is 5.97 Å². The van der Waals surface area contributed by atoms with E-state index < -0.39 is 0 Å². The van der Waals surface area contributed by atoms with E-state index in [4.69, 9.17) is 4.74 Å². The van der Waals surface area contributed by atoms with E-state index >= 15 is 0 Å². The van der Waals surface area contributed by atoms with Crippen LogP contribution >= 0.6 is 15.9 Å². The summed E-state index contributed by atoms with van der Waals surface area (Å²) >= 11 is 3.39. The van der Waals surface area contributed by atoms with Crippen LogP contribution in [0, 0.1) is 0 Å². The van der Waals surface area contributed by atoms with Crippen LogP contribution in [0.1, 0.15) is 29.3 Å². The van der Waals surface area contributed by atoms with Gasteiger partial charge in [-0.05, 0) is 58.2 Å². The second kappa shape index (κ2) is 7.78. The zero-order chi connectivity index (χ0) is 15.1. The van der Waals surface area contributed by atoms with E-state index in [9.17, 15) is 4.79 Å². The Morgan fingerprint density at radius 2 is 2.05 bits per heavy atom. The minimum atomic E-state index is -0.278. The zero-order valence-electron chi connectivity index (χ0n) is 11.8. The number of pyridine rings is 1. The van der Waals surface area contributed by atoms with Gasteiger partial charge in [-0.25, -0.2) is 4.79 Å². The maximum atomic E-state index is 11.7. The molecule has 0 fully saturated rings. The molecule has 4 nitrogen and oxygen atoms in total. The predicted molar refractivity (Wildman–Crippen MR) is 86.3 cm³/mol. The lowest BCUT2D eigenvalue weighted by Crippen LogP contribution is -2.06. The van der Waals surface area contributed by atoms with E-state index in [1.165, 1.54) is 0 Å². The van der Waals surface area contributed by atoms with Gasteiger partial charge in [0, 0.05) is 29.1 Å². The molecule has 0 saturated heterocycles. The number of esters is 1. The maximum Gasteiger partial charge on any atom is 0.338 e. The van der Waals surface area contributed by atoms with Crippen LogP contribution in [0.4, 0.5) is 5.69 Å². The van der Waals surface area contributed by atoms with Crippen LogP contribution in [0.5, 0.6) is 0 Å². The first kappa shape index (κ1) is 15.5. The van der Waals surface area contributed by atoms with Gasteiger partial charge in [0.15, 0.2) is 0 Å². The second-order valence-corrected chi connectivity index (χ2v) is 5.49. The molecular formula is C16H17BrN2O2. The van der Waals surface area contributed by atoms with Crippen molar-refractivity contribution < 1.29 is 9.53 Å². The molecular weight excluding hydrogens is 332 g/mol. The van der Waals surface area contributed by atoms with Crippen molar-refractivity contribution in [3.05, 3.63) is 58.3 Å². The first-order valence-corrected chi connectivity index (χ1v) is 7.59. The lowest BCUT2D eigenvalue weighted by Gasteiger charge is -2.08. The summed E-state index contributed by atoms with van der Waals surface area (Å²) in [5, 5.41) is 3.28. The van der Waals surface area contributed by atoms with Crippen molar-refractivity contribution in [3.8, 4) is 0 Å². The third-order valence-electron chi connectivity index (χ3n) is 2.82. The molecule has 0 atom stereocenters. The van der Waals surface area contributed by atoms with Crippen molar-refractivity contribution in [1.29, 1.82) is 0 Å². The molecule has 0 unspecified atom stereocenters. The highest BCUT2D eigenvalue weighted by Gasteiger charge is 2.06. The Balaban J connectivity index is 1.92.